The van der Waals surface area contributed by atoms with Gasteiger partial charge in [-0.05, 0) is 41.1 Å². The SMILES string of the molecule is CCc1ccc(C(=O)c2ccc3cc(OC)ccc3c2)o1. The molecule has 0 unspecified atom stereocenters. The molecule has 0 saturated heterocycles. The molecule has 3 nitrogen and oxygen atoms in total. The molecule has 0 aliphatic rings. The van der Waals surface area contributed by atoms with Gasteiger partial charge in [0.1, 0.15) is 11.5 Å². The number of rotatable bonds is 4. The molecular weight excluding hydrogens is 264 g/mol. The zero-order chi connectivity index (χ0) is 14.8. The van der Waals surface area contributed by atoms with Crippen molar-refractivity contribution in [1.29, 1.82) is 0 Å². The predicted molar refractivity (Wildman–Crippen MR) is 82.0 cm³/mol. The Morgan fingerprint density at radius 1 is 1.05 bits per heavy atom. The highest BCUT2D eigenvalue weighted by atomic mass is 16.5. The van der Waals surface area contributed by atoms with E-state index in [-0.39, 0.29) is 5.78 Å². The second-order valence-electron chi connectivity index (χ2n) is 4.88. The number of fused-ring (bicyclic) bond motifs is 1. The summed E-state index contributed by atoms with van der Waals surface area (Å²) < 4.78 is 10.7. The maximum atomic E-state index is 12.4. The Hall–Kier alpha value is -2.55. The normalized spacial score (nSPS) is 10.8. The standard InChI is InChI=1S/C18H16O3/c1-3-15-8-9-17(21-15)18(19)14-5-4-13-11-16(20-2)7-6-12(13)10-14/h4-11H,3H2,1-2H3. The van der Waals surface area contributed by atoms with Crippen molar-refractivity contribution in [3.05, 3.63) is 65.6 Å². The van der Waals surface area contributed by atoms with Gasteiger partial charge in [0.15, 0.2) is 5.76 Å². The molecule has 0 aliphatic carbocycles. The van der Waals surface area contributed by atoms with E-state index in [0.717, 1.165) is 28.7 Å². The fourth-order valence-electron chi connectivity index (χ4n) is 2.32. The summed E-state index contributed by atoms with van der Waals surface area (Å²) in [5.74, 6) is 1.93. The van der Waals surface area contributed by atoms with E-state index in [0.29, 0.717) is 11.3 Å². The van der Waals surface area contributed by atoms with Crippen molar-refractivity contribution in [1.82, 2.24) is 0 Å². The zero-order valence-electron chi connectivity index (χ0n) is 12.1. The summed E-state index contributed by atoms with van der Waals surface area (Å²) in [5, 5.41) is 2.04. The lowest BCUT2D eigenvalue weighted by Gasteiger charge is -2.04. The largest absolute Gasteiger partial charge is 0.497 e. The molecule has 0 spiro atoms. The van der Waals surface area contributed by atoms with Gasteiger partial charge in [-0.2, -0.15) is 0 Å². The van der Waals surface area contributed by atoms with Crippen LogP contribution in [0.5, 0.6) is 5.75 Å². The third-order valence-electron chi connectivity index (χ3n) is 3.54. The average molecular weight is 280 g/mol. The van der Waals surface area contributed by atoms with Crippen molar-refractivity contribution in [2.45, 2.75) is 13.3 Å². The quantitative estimate of drug-likeness (QED) is 0.671. The number of benzene rings is 2. The highest BCUT2D eigenvalue weighted by Crippen LogP contribution is 2.23. The molecule has 1 heterocycles. The summed E-state index contributed by atoms with van der Waals surface area (Å²) >= 11 is 0. The number of carbonyl (C=O) groups is 1. The Balaban J connectivity index is 1.98. The lowest BCUT2D eigenvalue weighted by Crippen LogP contribution is -1.99. The van der Waals surface area contributed by atoms with Crippen LogP contribution in [-0.4, -0.2) is 12.9 Å². The summed E-state index contributed by atoms with van der Waals surface area (Å²) in [5.41, 5.74) is 0.629. The number of carbonyl (C=O) groups excluding carboxylic acids is 1. The number of methoxy groups -OCH3 is 1. The highest BCUT2D eigenvalue weighted by molar-refractivity contribution is 6.09. The Kier molecular flexibility index (Phi) is 3.48. The molecule has 21 heavy (non-hydrogen) atoms. The summed E-state index contributed by atoms with van der Waals surface area (Å²) in [6.45, 7) is 2.00. The highest BCUT2D eigenvalue weighted by Gasteiger charge is 2.13. The predicted octanol–water partition coefficient (Wildman–Crippen LogP) is 4.23. The Bertz CT molecular complexity index is 799. The minimum absolute atomic E-state index is 0.0904. The number of hydrogen-bond acceptors (Lipinski definition) is 3. The van der Waals surface area contributed by atoms with Crippen molar-refractivity contribution in [3.8, 4) is 5.75 Å². The van der Waals surface area contributed by atoms with Crippen LogP contribution in [-0.2, 0) is 6.42 Å². The molecule has 0 radical (unpaired) electrons. The summed E-state index contributed by atoms with van der Waals surface area (Å²) in [4.78, 5) is 12.4. The molecule has 0 atom stereocenters. The number of ether oxygens (including phenoxy) is 1. The molecule has 0 amide bonds. The van der Waals surface area contributed by atoms with Crippen LogP contribution in [0.15, 0.2) is 52.9 Å². The van der Waals surface area contributed by atoms with Gasteiger partial charge in [-0.1, -0.05) is 25.1 Å². The van der Waals surface area contributed by atoms with Gasteiger partial charge in [-0.3, -0.25) is 4.79 Å². The number of aryl methyl sites for hydroxylation is 1. The van der Waals surface area contributed by atoms with E-state index in [2.05, 4.69) is 0 Å². The van der Waals surface area contributed by atoms with Gasteiger partial charge in [0, 0.05) is 12.0 Å². The molecular formula is C18H16O3. The lowest BCUT2D eigenvalue weighted by molar-refractivity contribution is 0.101. The Morgan fingerprint density at radius 3 is 2.52 bits per heavy atom. The van der Waals surface area contributed by atoms with Gasteiger partial charge in [0.05, 0.1) is 7.11 Å². The van der Waals surface area contributed by atoms with E-state index in [4.69, 9.17) is 9.15 Å². The van der Waals surface area contributed by atoms with Crippen molar-refractivity contribution < 1.29 is 13.9 Å². The maximum absolute atomic E-state index is 12.4. The second kappa shape index (κ2) is 5.44. The first-order valence-corrected chi connectivity index (χ1v) is 6.92. The van der Waals surface area contributed by atoms with Crippen molar-refractivity contribution >= 4 is 16.6 Å². The van der Waals surface area contributed by atoms with Crippen molar-refractivity contribution in [3.63, 3.8) is 0 Å². The molecule has 0 N–H and O–H groups in total. The summed E-state index contributed by atoms with van der Waals surface area (Å²) in [7, 11) is 1.64. The maximum Gasteiger partial charge on any atom is 0.228 e. The van der Waals surface area contributed by atoms with Crippen molar-refractivity contribution in [2.75, 3.05) is 7.11 Å². The average Bonchev–Trinajstić information content (AvgIpc) is 3.02. The second-order valence-corrected chi connectivity index (χ2v) is 4.88. The topological polar surface area (TPSA) is 39.4 Å². The molecule has 0 fully saturated rings. The molecule has 2 aromatic carbocycles. The van der Waals surface area contributed by atoms with Crippen LogP contribution in [0.3, 0.4) is 0 Å². The van der Waals surface area contributed by atoms with Gasteiger partial charge < -0.3 is 9.15 Å². The van der Waals surface area contributed by atoms with Gasteiger partial charge in [-0.25, -0.2) is 0 Å². The third kappa shape index (κ3) is 2.55. The van der Waals surface area contributed by atoms with Crippen LogP contribution >= 0.6 is 0 Å². The van der Waals surface area contributed by atoms with Gasteiger partial charge in [-0.15, -0.1) is 0 Å². The lowest BCUT2D eigenvalue weighted by atomic mass is 10.0. The van der Waals surface area contributed by atoms with Gasteiger partial charge in [0.2, 0.25) is 5.78 Å². The molecule has 3 aromatic rings. The van der Waals surface area contributed by atoms with Gasteiger partial charge >= 0.3 is 0 Å². The number of hydrogen-bond donors (Lipinski definition) is 0. The minimum Gasteiger partial charge on any atom is -0.497 e. The van der Waals surface area contributed by atoms with Crippen LogP contribution < -0.4 is 4.74 Å². The van der Waals surface area contributed by atoms with E-state index in [9.17, 15) is 4.79 Å². The third-order valence-corrected chi connectivity index (χ3v) is 3.54. The minimum atomic E-state index is -0.0904. The van der Waals surface area contributed by atoms with E-state index in [1.807, 2.05) is 49.4 Å². The van der Waals surface area contributed by atoms with Gasteiger partial charge in [0.25, 0.3) is 0 Å². The number of ketones is 1. The summed E-state index contributed by atoms with van der Waals surface area (Å²) in [6.07, 6.45) is 0.783. The fourth-order valence-corrected chi connectivity index (χ4v) is 2.32. The molecule has 3 rings (SSSR count). The van der Waals surface area contributed by atoms with E-state index in [1.165, 1.54) is 0 Å². The molecule has 1 aromatic heterocycles. The first-order chi connectivity index (χ1) is 10.2. The molecule has 0 aliphatic heterocycles. The zero-order valence-corrected chi connectivity index (χ0v) is 12.1. The monoisotopic (exact) mass is 280 g/mol. The first-order valence-electron chi connectivity index (χ1n) is 6.92. The van der Waals surface area contributed by atoms with E-state index >= 15 is 0 Å². The molecule has 3 heteroatoms. The summed E-state index contributed by atoms with van der Waals surface area (Å²) in [6, 6.07) is 15.0. The fraction of sp³-hybridized carbons (Fsp3) is 0.167. The van der Waals surface area contributed by atoms with E-state index < -0.39 is 0 Å². The van der Waals surface area contributed by atoms with Crippen LogP contribution in [0.25, 0.3) is 10.8 Å². The smallest absolute Gasteiger partial charge is 0.228 e. The van der Waals surface area contributed by atoms with Crippen LogP contribution in [0, 0.1) is 0 Å². The van der Waals surface area contributed by atoms with Crippen LogP contribution in [0.4, 0.5) is 0 Å². The van der Waals surface area contributed by atoms with Crippen LogP contribution in [0.2, 0.25) is 0 Å². The first kappa shape index (κ1) is 13.4. The number of furan rings is 1. The Labute approximate surface area is 123 Å². The van der Waals surface area contributed by atoms with Crippen molar-refractivity contribution in [2.24, 2.45) is 0 Å². The Morgan fingerprint density at radius 2 is 1.81 bits per heavy atom. The molecule has 0 saturated carbocycles. The van der Waals surface area contributed by atoms with E-state index in [1.54, 1.807) is 13.2 Å². The molecule has 106 valence electrons. The van der Waals surface area contributed by atoms with Crippen LogP contribution in [0.1, 0.15) is 28.8 Å². The molecule has 0 bridgehead atoms.